The zero-order valence-corrected chi connectivity index (χ0v) is 81.5. The molecule has 1 N–H and O–H groups in total. The summed E-state index contributed by atoms with van der Waals surface area (Å²) in [5.41, 5.74) is 4.93. The highest BCUT2D eigenvalue weighted by Gasteiger charge is 2.49. The van der Waals surface area contributed by atoms with E-state index in [2.05, 4.69) is 337 Å². The van der Waals surface area contributed by atoms with Crippen molar-refractivity contribution < 1.29 is 49.7 Å². The van der Waals surface area contributed by atoms with Gasteiger partial charge < -0.3 is 50.2 Å². The first-order valence-corrected chi connectivity index (χ1v) is 62.0. The first kappa shape index (κ1) is 89.4. The van der Waals surface area contributed by atoms with Crippen LogP contribution in [0.15, 0.2) is 91.0 Å². The number of carbonyl (C=O) groups is 1. The molecule has 0 fully saturated rings. The maximum atomic E-state index is 14.1. The third-order valence-electron chi connectivity index (χ3n) is 25.6. The van der Waals surface area contributed by atoms with Crippen molar-refractivity contribution in [3.05, 3.63) is 119 Å². The highest BCUT2D eigenvalue weighted by molar-refractivity contribution is 6.78. The van der Waals surface area contributed by atoms with Crippen molar-refractivity contribution in [3.8, 4) is 57.5 Å². The van der Waals surface area contributed by atoms with Crippen LogP contribution in [0, 0.1) is 0 Å². The minimum absolute atomic E-state index is 0.0114. The number of hydrogen-bond acceptors (Lipinski definition) is 12. The number of nitrogens with one attached hydrogen (secondary N) is 1. The lowest BCUT2D eigenvalue weighted by atomic mass is 9.91. The van der Waals surface area contributed by atoms with E-state index in [4.69, 9.17) is 44.9 Å². The van der Waals surface area contributed by atoms with Crippen LogP contribution in [-0.4, -0.2) is 78.4 Å². The van der Waals surface area contributed by atoms with Crippen LogP contribution in [0.2, 0.25) is 145 Å². The molecule has 7 rings (SSSR count). The Morgan fingerprint density at radius 2 is 0.648 bits per heavy atom. The van der Waals surface area contributed by atoms with Gasteiger partial charge in [0.1, 0.15) is 63.6 Å². The maximum Gasteiger partial charge on any atom is 0.250 e. The molecule has 0 saturated heterocycles. The highest BCUT2D eigenvalue weighted by Crippen LogP contribution is 2.53. The molecule has 105 heavy (non-hydrogen) atoms. The van der Waals surface area contributed by atoms with Crippen LogP contribution in [-0.2, 0) is 24.2 Å². The molecule has 0 unspecified atom stereocenters. The summed E-state index contributed by atoms with van der Waals surface area (Å²) in [6, 6.07) is 31.3. The van der Waals surface area contributed by atoms with Crippen molar-refractivity contribution in [2.45, 2.75) is 349 Å². The van der Waals surface area contributed by atoms with Crippen molar-refractivity contribution in [2.75, 3.05) is 0 Å². The van der Waals surface area contributed by atoms with Crippen molar-refractivity contribution in [1.29, 1.82) is 0 Å². The Balaban J connectivity index is 0.000000332. The third kappa shape index (κ3) is 21.3. The number of carbonyl (C=O) groups excluding carboxylic acids is 1. The largest absolute Gasteiger partial charge is 0.543 e. The third-order valence-corrected chi connectivity index (χ3v) is 60.4. The lowest BCUT2D eigenvalue weighted by molar-refractivity contribution is -0.126. The van der Waals surface area contributed by atoms with E-state index in [0.717, 1.165) is 68.9 Å². The van der Waals surface area contributed by atoms with Crippen molar-refractivity contribution >= 4 is 72.3 Å². The Morgan fingerprint density at radius 1 is 0.343 bits per heavy atom. The molecule has 12 nitrogen and oxygen atoms in total. The van der Waals surface area contributed by atoms with Gasteiger partial charge in [-0.2, -0.15) is 0 Å². The average molecular weight is 1580 g/mol. The molecule has 588 valence electrons. The molecular weight excluding hydrogens is 1440 g/mol. The van der Waals surface area contributed by atoms with Gasteiger partial charge in [-0.25, -0.2) is 0 Å². The summed E-state index contributed by atoms with van der Waals surface area (Å²) in [6.07, 6.45) is -0.151. The number of ether oxygens (including phenoxy) is 2. The Morgan fingerprint density at radius 3 is 1.01 bits per heavy atom. The minimum Gasteiger partial charge on any atom is -0.543 e. The number of hydrogen-bond donors (Lipinski definition) is 1. The van der Waals surface area contributed by atoms with Gasteiger partial charge in [0.25, 0.3) is 33.3 Å². The summed E-state index contributed by atoms with van der Waals surface area (Å²) < 4.78 is 69.9. The first-order chi connectivity index (χ1) is 46.9. The lowest BCUT2D eigenvalue weighted by Crippen LogP contribution is -2.46. The van der Waals surface area contributed by atoms with Gasteiger partial charge in [0.15, 0.2) is 11.9 Å². The normalized spacial score (nSPS) is 17.2. The fraction of sp³-hybridized carbons (Fsp3) is 0.635. The molecule has 0 aliphatic carbocycles. The van der Waals surface area contributed by atoms with E-state index in [1.54, 1.807) is 0 Å². The van der Waals surface area contributed by atoms with E-state index in [1.807, 2.05) is 30.3 Å². The van der Waals surface area contributed by atoms with Gasteiger partial charge >= 0.3 is 0 Å². The predicted molar refractivity (Wildman–Crippen MR) is 465 cm³/mol. The second kappa shape index (κ2) is 30.6. The van der Waals surface area contributed by atoms with Crippen LogP contribution < -0.4 is 50.2 Å². The van der Waals surface area contributed by atoms with E-state index in [-0.39, 0.29) is 64.7 Å². The number of fused-ring (bicyclic) bond motifs is 2. The van der Waals surface area contributed by atoms with E-state index < -0.39 is 72.6 Å². The molecule has 2 heterocycles. The molecule has 0 radical (unpaired) electrons. The summed E-state index contributed by atoms with van der Waals surface area (Å²) in [4.78, 5) is 14.1. The molecule has 2 aliphatic rings. The van der Waals surface area contributed by atoms with Gasteiger partial charge in [-0.1, -0.05) is 209 Å². The molecule has 3 atom stereocenters. The molecule has 0 aromatic heterocycles. The fourth-order valence-electron chi connectivity index (χ4n) is 9.84. The smallest absolute Gasteiger partial charge is 0.250 e. The van der Waals surface area contributed by atoms with Gasteiger partial charge in [-0.3, -0.25) is 4.79 Å². The van der Waals surface area contributed by atoms with Crippen LogP contribution in [0.1, 0.15) is 206 Å². The van der Waals surface area contributed by atoms with Gasteiger partial charge in [-0.05, 0) is 187 Å². The molecular formula is C85H145NO11Si8. The monoisotopic (exact) mass is 1580 g/mol. The maximum absolute atomic E-state index is 14.1. The summed E-state index contributed by atoms with van der Waals surface area (Å²) in [7, 11) is -17.7. The van der Waals surface area contributed by atoms with Gasteiger partial charge in [-0.15, -0.1) is 0 Å². The van der Waals surface area contributed by atoms with Crippen LogP contribution in [0.25, 0.3) is 0 Å². The van der Waals surface area contributed by atoms with E-state index in [1.165, 1.54) is 5.56 Å². The number of ketones is 1. The summed E-state index contributed by atoms with van der Waals surface area (Å²) >= 11 is 0. The topological polar surface area (TPSA) is 121 Å². The van der Waals surface area contributed by atoms with Crippen LogP contribution in [0.3, 0.4) is 0 Å². The van der Waals surface area contributed by atoms with Crippen LogP contribution in [0.5, 0.6) is 57.5 Å². The minimum atomic E-state index is -2.25. The summed E-state index contributed by atoms with van der Waals surface area (Å²) in [6.45, 7) is 91.3. The van der Waals surface area contributed by atoms with Crippen molar-refractivity contribution in [1.82, 2.24) is 5.32 Å². The van der Waals surface area contributed by atoms with Gasteiger partial charge in [0.05, 0.1) is 6.04 Å². The van der Waals surface area contributed by atoms with Crippen LogP contribution >= 0.6 is 0 Å². The molecule has 2 aliphatic heterocycles. The van der Waals surface area contributed by atoms with Gasteiger partial charge in [0.2, 0.25) is 33.3 Å². The molecule has 0 amide bonds. The Kier molecular flexibility index (Phi) is 26.1. The Bertz CT molecular complexity index is 3840. The SMILES string of the molecule is CC(C)(C)[Si](C)(C)Oc1cc2c(c(O[Si](C)(C)C(C)(C)C)c1)CC(=O)[C@@H](c1ccc(O[Si](C)(C)C(C)(C)C)c(O[Si](C)(C)C(C)(C)C)c1)O2.CC(C)(C)[Si](C)(C)Oc1cc2c(c(O[Si](C)(C)C(C)(C)C)c1)C[C@@H](NCc1ccccc1)[C@@H](c1ccc(O[Si](C)(C)C(C)(C)C)c(O[Si](C)(C)C(C)(C)C)c1)O2. The molecule has 0 saturated carbocycles. The Hall–Kier alpha value is -4.53. The highest BCUT2D eigenvalue weighted by atomic mass is 28.4. The zero-order valence-electron chi connectivity index (χ0n) is 73.5. The summed E-state index contributed by atoms with van der Waals surface area (Å²) in [5.74, 6) is 7.64. The summed E-state index contributed by atoms with van der Waals surface area (Å²) in [5, 5.41) is 4.03. The zero-order chi connectivity index (χ0) is 80.5. The second-order valence-corrected chi connectivity index (χ2v) is 80.3. The molecule has 5 aromatic rings. The number of rotatable bonds is 21. The lowest BCUT2D eigenvalue weighted by Gasteiger charge is -2.41. The standard InChI is InChI=1S/C46H77NO5Si4.C39H68O6Si4/c1-43(2,3)53(13,14)49-35-29-39-36(40(30-35)51-55(17,18)45(7,8)9)31-37(47-32-33-24-22-21-23-25-33)42(48-39)34-26-27-38(50-54(15,16)44(4,5)6)41(28-34)52-56(19,20)46(10,11)12;1-36(2,3)46(13,14)42-28-24-32-29(33(25-28)44-48(17,18)38(7,8)9)26-30(40)35(41-32)27-21-22-31(43-47(15,16)37(4,5)6)34(23-27)45-49(19,20)39(10,11)12/h21-30,37,42,47H,31-32H2,1-20H3;21-25,35H,26H2,1-20H3/t37-,42-;35-/m11/s1. The first-order valence-electron chi connectivity index (χ1n) is 38.7. The van der Waals surface area contributed by atoms with Gasteiger partial charge in [0, 0.05) is 53.9 Å². The molecule has 5 aromatic carbocycles. The van der Waals surface area contributed by atoms with E-state index in [0.29, 0.717) is 23.8 Å². The molecule has 0 spiro atoms. The predicted octanol–water partition coefficient (Wildman–Crippen LogP) is 26.5. The fourth-order valence-corrected chi connectivity index (χ4v) is 18.0. The van der Waals surface area contributed by atoms with E-state index in [9.17, 15) is 4.79 Å². The second-order valence-electron chi connectivity index (χ2n) is 42.5. The van der Waals surface area contributed by atoms with Crippen molar-refractivity contribution in [3.63, 3.8) is 0 Å². The quantitative estimate of drug-likeness (QED) is 0.0704. The van der Waals surface area contributed by atoms with E-state index >= 15 is 0 Å². The Labute approximate surface area is 648 Å². The van der Waals surface area contributed by atoms with Crippen molar-refractivity contribution in [2.24, 2.45) is 0 Å². The molecule has 0 bridgehead atoms. The molecule has 20 heteroatoms. The van der Waals surface area contributed by atoms with Crippen LogP contribution in [0.4, 0.5) is 0 Å². The number of Topliss-reactive ketones (excluding diaryl/α,β-unsaturated/α-hetero) is 1. The average Bonchev–Trinajstić information content (AvgIpc) is 0.762. The number of benzene rings is 5.